The second-order valence-corrected chi connectivity index (χ2v) is 6.48. The monoisotopic (exact) mass is 288 g/mol. The van der Waals surface area contributed by atoms with Crippen molar-refractivity contribution in [2.24, 2.45) is 5.14 Å². The molecule has 1 aliphatic heterocycles. The molecule has 4 nitrogen and oxygen atoms in total. The van der Waals surface area contributed by atoms with E-state index in [1.54, 1.807) is 18.2 Å². The van der Waals surface area contributed by atoms with Gasteiger partial charge in [-0.1, -0.05) is 30.3 Å². The van der Waals surface area contributed by atoms with Crippen LogP contribution in [0.5, 0.6) is 0 Å². The van der Waals surface area contributed by atoms with E-state index in [0.717, 1.165) is 25.1 Å². The minimum absolute atomic E-state index is 0.170. The molecule has 0 spiro atoms. The minimum atomic E-state index is -3.72. The molecule has 104 valence electrons. The molecule has 1 aliphatic rings. The van der Waals surface area contributed by atoms with Crippen LogP contribution in [0.1, 0.15) is 11.1 Å². The molecule has 1 heterocycles. The number of nitrogens with two attached hydrogens (primary N) is 1. The zero-order valence-electron chi connectivity index (χ0n) is 11.0. The van der Waals surface area contributed by atoms with Crippen LogP contribution in [-0.2, 0) is 23.0 Å². The third-order valence-corrected chi connectivity index (χ3v) is 4.57. The highest BCUT2D eigenvalue weighted by molar-refractivity contribution is 7.89. The van der Waals surface area contributed by atoms with Gasteiger partial charge in [0.15, 0.2) is 0 Å². The molecule has 0 unspecified atom stereocenters. The van der Waals surface area contributed by atoms with Crippen molar-refractivity contribution in [2.45, 2.75) is 17.9 Å². The zero-order chi connectivity index (χ0) is 14.2. The first kappa shape index (κ1) is 13.3. The minimum Gasteiger partial charge on any atom is -0.312 e. The molecule has 0 saturated carbocycles. The summed E-state index contributed by atoms with van der Waals surface area (Å²) >= 11 is 0. The molecular formula is C15H16N2O2S. The van der Waals surface area contributed by atoms with Crippen LogP contribution in [0.2, 0.25) is 0 Å². The van der Waals surface area contributed by atoms with Crippen LogP contribution < -0.4 is 10.5 Å². The van der Waals surface area contributed by atoms with E-state index >= 15 is 0 Å². The van der Waals surface area contributed by atoms with E-state index < -0.39 is 10.0 Å². The Morgan fingerprint density at radius 1 is 1.05 bits per heavy atom. The second kappa shape index (κ2) is 5.01. The smallest absolute Gasteiger partial charge is 0.238 e. The van der Waals surface area contributed by atoms with E-state index in [-0.39, 0.29) is 4.90 Å². The Kier molecular flexibility index (Phi) is 3.33. The van der Waals surface area contributed by atoms with Crippen LogP contribution in [0.15, 0.2) is 47.4 Å². The highest BCUT2D eigenvalue weighted by Gasteiger charge is 2.16. The molecule has 5 heteroatoms. The van der Waals surface area contributed by atoms with E-state index in [9.17, 15) is 8.42 Å². The summed E-state index contributed by atoms with van der Waals surface area (Å²) in [5, 5.41) is 8.61. The van der Waals surface area contributed by atoms with Crippen molar-refractivity contribution in [1.29, 1.82) is 0 Å². The Labute approximate surface area is 118 Å². The summed E-state index contributed by atoms with van der Waals surface area (Å²) in [6.07, 6.45) is 1.01. The summed E-state index contributed by atoms with van der Waals surface area (Å²) in [5.74, 6) is 0. The summed E-state index contributed by atoms with van der Waals surface area (Å²) in [6.45, 7) is 1.81. The lowest BCUT2D eigenvalue weighted by molar-refractivity contribution is 0.598. The molecule has 3 rings (SSSR count). The van der Waals surface area contributed by atoms with Crippen LogP contribution in [0.25, 0.3) is 11.1 Å². The summed E-state index contributed by atoms with van der Waals surface area (Å²) in [5.41, 5.74) is 4.08. The van der Waals surface area contributed by atoms with Crippen molar-refractivity contribution in [3.05, 3.63) is 53.6 Å². The van der Waals surface area contributed by atoms with Crippen LogP contribution in [0.4, 0.5) is 0 Å². The average Bonchev–Trinajstić information content (AvgIpc) is 2.46. The van der Waals surface area contributed by atoms with Crippen molar-refractivity contribution >= 4 is 10.0 Å². The van der Waals surface area contributed by atoms with Gasteiger partial charge < -0.3 is 5.32 Å². The van der Waals surface area contributed by atoms with E-state index in [4.69, 9.17) is 5.14 Å². The third kappa shape index (κ3) is 2.47. The molecule has 0 amide bonds. The van der Waals surface area contributed by atoms with E-state index in [1.807, 2.05) is 18.2 Å². The first-order valence-electron chi connectivity index (χ1n) is 6.50. The standard InChI is InChI=1S/C15H16N2O2S/c16-20(18,19)15-4-2-1-3-14(15)12-6-5-11-7-8-17-10-13(11)9-12/h1-6,9,17H,7-8,10H2,(H2,16,18,19). The fraction of sp³-hybridized carbons (Fsp3) is 0.200. The molecule has 2 aromatic carbocycles. The maximum atomic E-state index is 11.7. The van der Waals surface area contributed by atoms with Gasteiger partial charge in [0.2, 0.25) is 10.0 Å². The molecular weight excluding hydrogens is 272 g/mol. The molecule has 0 aromatic heterocycles. The number of benzene rings is 2. The Morgan fingerprint density at radius 3 is 2.65 bits per heavy atom. The van der Waals surface area contributed by atoms with Crippen molar-refractivity contribution in [3.8, 4) is 11.1 Å². The first-order valence-corrected chi connectivity index (χ1v) is 8.05. The zero-order valence-corrected chi connectivity index (χ0v) is 11.8. The van der Waals surface area contributed by atoms with Gasteiger partial charge >= 0.3 is 0 Å². The molecule has 3 N–H and O–H groups in total. The van der Waals surface area contributed by atoms with Crippen LogP contribution in [-0.4, -0.2) is 15.0 Å². The van der Waals surface area contributed by atoms with Crippen LogP contribution >= 0.6 is 0 Å². The number of fused-ring (bicyclic) bond motifs is 1. The summed E-state index contributed by atoms with van der Waals surface area (Å²) in [6, 6.07) is 12.9. The predicted molar refractivity (Wildman–Crippen MR) is 78.7 cm³/mol. The van der Waals surface area contributed by atoms with E-state index in [1.165, 1.54) is 11.1 Å². The fourth-order valence-corrected chi connectivity index (χ4v) is 3.36. The number of primary sulfonamides is 1. The number of rotatable bonds is 2. The maximum absolute atomic E-state index is 11.7. The summed E-state index contributed by atoms with van der Waals surface area (Å²) in [7, 11) is -3.72. The quantitative estimate of drug-likeness (QED) is 0.882. The molecule has 0 atom stereocenters. The third-order valence-electron chi connectivity index (χ3n) is 3.60. The van der Waals surface area contributed by atoms with Gasteiger partial charge in [0, 0.05) is 12.1 Å². The van der Waals surface area contributed by atoms with Gasteiger partial charge in [-0.3, -0.25) is 0 Å². The predicted octanol–water partition coefficient (Wildman–Crippen LogP) is 1.65. The second-order valence-electron chi connectivity index (χ2n) is 4.95. The van der Waals surface area contributed by atoms with Gasteiger partial charge in [-0.05, 0) is 41.8 Å². The van der Waals surface area contributed by atoms with Gasteiger partial charge in [-0.15, -0.1) is 0 Å². The van der Waals surface area contributed by atoms with Crippen molar-refractivity contribution in [1.82, 2.24) is 5.32 Å². The Morgan fingerprint density at radius 2 is 1.85 bits per heavy atom. The molecule has 0 saturated heterocycles. The van der Waals surface area contributed by atoms with Crippen LogP contribution in [0, 0.1) is 0 Å². The Bertz CT molecular complexity index is 754. The van der Waals surface area contributed by atoms with Crippen molar-refractivity contribution < 1.29 is 8.42 Å². The Balaban J connectivity index is 2.15. The van der Waals surface area contributed by atoms with Gasteiger partial charge in [0.25, 0.3) is 0 Å². The molecule has 2 aromatic rings. The van der Waals surface area contributed by atoms with Crippen molar-refractivity contribution in [2.75, 3.05) is 6.54 Å². The van der Waals surface area contributed by atoms with Gasteiger partial charge in [-0.25, -0.2) is 13.6 Å². The highest BCUT2D eigenvalue weighted by Crippen LogP contribution is 2.29. The SMILES string of the molecule is NS(=O)(=O)c1ccccc1-c1ccc2c(c1)CNCC2. The molecule has 0 fully saturated rings. The van der Waals surface area contributed by atoms with E-state index in [0.29, 0.717) is 5.56 Å². The van der Waals surface area contributed by atoms with Gasteiger partial charge in [0.05, 0.1) is 4.90 Å². The first-order chi connectivity index (χ1) is 9.55. The van der Waals surface area contributed by atoms with Crippen LogP contribution in [0.3, 0.4) is 0 Å². The van der Waals surface area contributed by atoms with Crippen molar-refractivity contribution in [3.63, 3.8) is 0 Å². The maximum Gasteiger partial charge on any atom is 0.238 e. The number of hydrogen-bond donors (Lipinski definition) is 2. The Hall–Kier alpha value is -1.69. The lowest BCUT2D eigenvalue weighted by Gasteiger charge is -2.18. The molecule has 20 heavy (non-hydrogen) atoms. The molecule has 0 aliphatic carbocycles. The van der Waals surface area contributed by atoms with Gasteiger partial charge in [-0.2, -0.15) is 0 Å². The molecule has 0 radical (unpaired) electrons. The largest absolute Gasteiger partial charge is 0.312 e. The normalized spacial score (nSPS) is 14.8. The lowest BCUT2D eigenvalue weighted by Crippen LogP contribution is -2.23. The number of nitrogens with one attached hydrogen (secondary N) is 1. The number of hydrogen-bond acceptors (Lipinski definition) is 3. The number of sulfonamides is 1. The van der Waals surface area contributed by atoms with Gasteiger partial charge in [0.1, 0.15) is 0 Å². The fourth-order valence-electron chi connectivity index (χ4n) is 2.60. The average molecular weight is 288 g/mol. The topological polar surface area (TPSA) is 72.2 Å². The summed E-state index contributed by atoms with van der Waals surface area (Å²) < 4.78 is 23.4. The summed E-state index contributed by atoms with van der Waals surface area (Å²) in [4.78, 5) is 0.170. The lowest BCUT2D eigenvalue weighted by atomic mass is 9.95. The molecule has 0 bridgehead atoms. The van der Waals surface area contributed by atoms with E-state index in [2.05, 4.69) is 11.4 Å². The highest BCUT2D eigenvalue weighted by atomic mass is 32.2.